The summed E-state index contributed by atoms with van der Waals surface area (Å²) >= 11 is 0. The first-order valence-electron chi connectivity index (χ1n) is 8.66. The first-order chi connectivity index (χ1) is 13.3. The van der Waals surface area contributed by atoms with Crippen LogP contribution in [0.15, 0.2) is 30.5 Å². The van der Waals surface area contributed by atoms with Gasteiger partial charge in [-0.2, -0.15) is 0 Å². The number of carbonyl (C=O) groups excluding carboxylic acids is 1. The van der Waals surface area contributed by atoms with Gasteiger partial charge in [0, 0.05) is 29.9 Å². The van der Waals surface area contributed by atoms with Crippen molar-refractivity contribution in [1.82, 2.24) is 10.3 Å². The molecule has 1 fully saturated rings. The molecule has 0 saturated heterocycles. The van der Waals surface area contributed by atoms with Crippen LogP contribution in [0.4, 0.5) is 24.7 Å². The second-order valence-electron chi connectivity index (χ2n) is 6.58. The predicted octanol–water partition coefficient (Wildman–Crippen LogP) is 3.98. The number of nitrogens with one attached hydrogen (secondary N) is 2. The maximum absolute atomic E-state index is 13.3. The number of rotatable bonds is 5. The molecule has 0 spiro atoms. The molecule has 0 bridgehead atoms. The van der Waals surface area contributed by atoms with Crippen LogP contribution >= 0.6 is 12.4 Å². The summed E-state index contributed by atoms with van der Waals surface area (Å²) in [5.41, 5.74) is -0.338. The van der Waals surface area contributed by atoms with Crippen LogP contribution in [0.1, 0.15) is 36.0 Å². The predicted molar refractivity (Wildman–Crippen MR) is 102 cm³/mol. The van der Waals surface area contributed by atoms with Gasteiger partial charge in [0.25, 0.3) is 11.6 Å². The van der Waals surface area contributed by atoms with Gasteiger partial charge in [0.1, 0.15) is 5.82 Å². The summed E-state index contributed by atoms with van der Waals surface area (Å²) in [4.78, 5) is 26.5. The molecule has 7 nitrogen and oxygen atoms in total. The van der Waals surface area contributed by atoms with Crippen LogP contribution in [0.3, 0.4) is 0 Å². The molecule has 2 N–H and O–H groups in total. The van der Waals surface area contributed by atoms with Crippen molar-refractivity contribution in [2.45, 2.75) is 37.8 Å². The van der Waals surface area contributed by atoms with E-state index in [1.807, 2.05) is 0 Å². The highest BCUT2D eigenvalue weighted by Crippen LogP contribution is 2.23. The Labute approximate surface area is 170 Å². The third-order valence-electron chi connectivity index (χ3n) is 4.61. The lowest BCUT2D eigenvalue weighted by atomic mass is 9.91. The first-order valence-corrected chi connectivity index (χ1v) is 8.66. The average Bonchev–Trinajstić information content (AvgIpc) is 2.67. The normalized spacial score (nSPS) is 18.4. The van der Waals surface area contributed by atoms with E-state index in [1.54, 1.807) is 0 Å². The molecular formula is C18H18ClF3N4O3. The second kappa shape index (κ2) is 9.55. The molecule has 1 saturated carbocycles. The van der Waals surface area contributed by atoms with E-state index in [0.717, 1.165) is 0 Å². The molecule has 1 aromatic heterocycles. The van der Waals surface area contributed by atoms with Crippen LogP contribution in [0.25, 0.3) is 0 Å². The zero-order valence-corrected chi connectivity index (χ0v) is 15.8. The average molecular weight is 431 g/mol. The van der Waals surface area contributed by atoms with E-state index in [0.29, 0.717) is 43.6 Å². The lowest BCUT2D eigenvalue weighted by Gasteiger charge is -2.30. The molecule has 29 heavy (non-hydrogen) atoms. The Morgan fingerprint density at radius 1 is 1.07 bits per heavy atom. The van der Waals surface area contributed by atoms with Crippen molar-refractivity contribution in [3.8, 4) is 0 Å². The molecule has 1 heterocycles. The van der Waals surface area contributed by atoms with Crippen molar-refractivity contribution in [2.75, 3.05) is 5.32 Å². The number of halogens is 4. The molecule has 1 aliphatic rings. The van der Waals surface area contributed by atoms with Crippen LogP contribution in [0, 0.1) is 27.6 Å². The van der Waals surface area contributed by atoms with Crippen LogP contribution in [-0.4, -0.2) is 27.9 Å². The van der Waals surface area contributed by atoms with Crippen molar-refractivity contribution in [1.29, 1.82) is 0 Å². The van der Waals surface area contributed by atoms with E-state index in [2.05, 4.69) is 15.6 Å². The van der Waals surface area contributed by atoms with Gasteiger partial charge < -0.3 is 10.6 Å². The molecule has 156 valence electrons. The highest BCUT2D eigenvalue weighted by molar-refractivity contribution is 5.94. The standard InChI is InChI=1S/C18H17F3N4O3.ClH/c19-14-7-10(8-15(20)17(14)21)18(26)24-12-3-1-11(2-4-12)23-16-9-13(25(27)28)5-6-22-16;/h5-9,11-12H,1-4H2,(H,22,23)(H,24,26);1H. The van der Waals surface area contributed by atoms with E-state index >= 15 is 0 Å². The van der Waals surface area contributed by atoms with Crippen molar-refractivity contribution in [2.24, 2.45) is 0 Å². The maximum Gasteiger partial charge on any atom is 0.274 e. The largest absolute Gasteiger partial charge is 0.367 e. The number of hydrogen-bond donors (Lipinski definition) is 2. The second-order valence-corrected chi connectivity index (χ2v) is 6.58. The summed E-state index contributed by atoms with van der Waals surface area (Å²) in [6, 6.07) is 3.82. The van der Waals surface area contributed by atoms with E-state index < -0.39 is 28.3 Å². The number of amides is 1. The van der Waals surface area contributed by atoms with Gasteiger partial charge in [-0.3, -0.25) is 14.9 Å². The molecule has 1 aromatic carbocycles. The molecule has 2 aromatic rings. The van der Waals surface area contributed by atoms with Crippen LogP contribution in [0.2, 0.25) is 0 Å². The first kappa shape index (κ1) is 22.4. The highest BCUT2D eigenvalue weighted by atomic mass is 35.5. The molecule has 0 aliphatic heterocycles. The van der Waals surface area contributed by atoms with Crippen LogP contribution < -0.4 is 10.6 Å². The van der Waals surface area contributed by atoms with Crippen molar-refractivity contribution in [3.05, 3.63) is 63.6 Å². The van der Waals surface area contributed by atoms with Gasteiger partial charge in [-0.05, 0) is 37.8 Å². The van der Waals surface area contributed by atoms with E-state index in [4.69, 9.17) is 0 Å². The summed E-state index contributed by atoms with van der Waals surface area (Å²) in [6.07, 6.45) is 3.89. The van der Waals surface area contributed by atoms with E-state index in [9.17, 15) is 28.1 Å². The quantitative estimate of drug-likeness (QED) is 0.425. The van der Waals surface area contributed by atoms with Crippen LogP contribution in [-0.2, 0) is 0 Å². The number of aromatic nitrogens is 1. The molecular weight excluding hydrogens is 413 g/mol. The maximum atomic E-state index is 13.3. The molecule has 3 rings (SSSR count). The molecule has 0 unspecified atom stereocenters. The Kier molecular flexibility index (Phi) is 7.38. The minimum Gasteiger partial charge on any atom is -0.367 e. The topological polar surface area (TPSA) is 97.2 Å². The molecule has 1 aliphatic carbocycles. The number of carbonyl (C=O) groups is 1. The van der Waals surface area contributed by atoms with Crippen molar-refractivity contribution >= 4 is 29.8 Å². The number of nitro groups is 1. The zero-order valence-electron chi connectivity index (χ0n) is 15.0. The number of hydrogen-bond acceptors (Lipinski definition) is 5. The summed E-state index contributed by atoms with van der Waals surface area (Å²) in [6.45, 7) is 0. The number of nitrogens with zero attached hydrogens (tertiary/aromatic N) is 2. The molecule has 1 amide bonds. The Bertz CT molecular complexity index is 885. The lowest BCUT2D eigenvalue weighted by molar-refractivity contribution is -0.384. The van der Waals surface area contributed by atoms with E-state index in [-0.39, 0.29) is 35.7 Å². The minimum absolute atomic E-state index is 0. The highest BCUT2D eigenvalue weighted by Gasteiger charge is 2.24. The summed E-state index contributed by atoms with van der Waals surface area (Å²) < 4.78 is 39.5. The zero-order chi connectivity index (χ0) is 20.3. The molecule has 0 radical (unpaired) electrons. The molecule has 0 atom stereocenters. The SMILES string of the molecule is Cl.O=C(NC1CCC(Nc2cc([N+](=O)[O-])ccn2)CC1)c1cc(F)c(F)c(F)c1. The van der Waals surface area contributed by atoms with Gasteiger partial charge in [-0.25, -0.2) is 18.2 Å². The van der Waals surface area contributed by atoms with Gasteiger partial charge in [-0.15, -0.1) is 12.4 Å². The van der Waals surface area contributed by atoms with Gasteiger partial charge in [0.05, 0.1) is 11.0 Å². The number of pyridine rings is 1. The summed E-state index contributed by atoms with van der Waals surface area (Å²) in [5.74, 6) is -4.71. The fourth-order valence-corrected chi connectivity index (χ4v) is 3.16. The van der Waals surface area contributed by atoms with Gasteiger partial charge >= 0.3 is 0 Å². The van der Waals surface area contributed by atoms with Crippen molar-refractivity contribution in [3.63, 3.8) is 0 Å². The summed E-state index contributed by atoms with van der Waals surface area (Å²) in [7, 11) is 0. The third-order valence-corrected chi connectivity index (χ3v) is 4.61. The van der Waals surface area contributed by atoms with Gasteiger partial charge in [0.2, 0.25) is 0 Å². The summed E-state index contributed by atoms with van der Waals surface area (Å²) in [5, 5.41) is 16.6. The smallest absolute Gasteiger partial charge is 0.274 e. The van der Waals surface area contributed by atoms with E-state index in [1.165, 1.54) is 18.3 Å². The van der Waals surface area contributed by atoms with Crippen LogP contribution in [0.5, 0.6) is 0 Å². The van der Waals surface area contributed by atoms with Gasteiger partial charge in [-0.1, -0.05) is 0 Å². The monoisotopic (exact) mass is 430 g/mol. The lowest BCUT2D eigenvalue weighted by Crippen LogP contribution is -2.40. The number of anilines is 1. The van der Waals surface area contributed by atoms with Crippen molar-refractivity contribution < 1.29 is 22.9 Å². The Morgan fingerprint density at radius 2 is 1.66 bits per heavy atom. The van der Waals surface area contributed by atoms with Gasteiger partial charge in [0.15, 0.2) is 17.5 Å². The Morgan fingerprint density at radius 3 is 2.24 bits per heavy atom. The fraction of sp³-hybridized carbons (Fsp3) is 0.333. The third kappa shape index (κ3) is 5.57. The Balaban J connectivity index is 0.00000300. The molecule has 11 heteroatoms. The Hall–Kier alpha value is -2.88. The number of benzene rings is 1. The fourth-order valence-electron chi connectivity index (χ4n) is 3.16. The minimum atomic E-state index is -1.61.